The quantitative estimate of drug-likeness (QED) is 0.920. The van der Waals surface area contributed by atoms with Gasteiger partial charge in [0, 0.05) is 32.2 Å². The molecule has 1 heterocycles. The highest BCUT2D eigenvalue weighted by atomic mass is 19.1. The van der Waals surface area contributed by atoms with Crippen molar-refractivity contribution in [1.82, 2.24) is 4.90 Å². The molecule has 6 heteroatoms. The Balaban J connectivity index is 1.78. The van der Waals surface area contributed by atoms with Gasteiger partial charge in [0.15, 0.2) is 0 Å². The minimum atomic E-state index is -1.33. The summed E-state index contributed by atoms with van der Waals surface area (Å²) < 4.78 is 27.9. The molecule has 1 saturated carbocycles. The molecule has 0 bridgehead atoms. The minimum absolute atomic E-state index is 0.106. The molecule has 1 aromatic rings. The molecule has 0 spiro atoms. The van der Waals surface area contributed by atoms with Crippen molar-refractivity contribution in [1.29, 1.82) is 0 Å². The lowest BCUT2D eigenvalue weighted by atomic mass is 10.1. The molecule has 1 aromatic carbocycles. The third-order valence-electron chi connectivity index (χ3n) is 3.96. The Labute approximate surface area is 115 Å². The number of rotatable bonds is 3. The van der Waals surface area contributed by atoms with Crippen molar-refractivity contribution in [2.75, 3.05) is 31.1 Å². The summed E-state index contributed by atoms with van der Waals surface area (Å²) >= 11 is 0. The summed E-state index contributed by atoms with van der Waals surface area (Å²) in [5.74, 6) is -2.93. The number of carbonyl (C=O) groups is 1. The summed E-state index contributed by atoms with van der Waals surface area (Å²) in [6, 6.07) is 2.42. The fourth-order valence-corrected chi connectivity index (χ4v) is 2.74. The van der Waals surface area contributed by atoms with Gasteiger partial charge < -0.3 is 10.0 Å². The number of hydrogen-bond acceptors (Lipinski definition) is 3. The van der Waals surface area contributed by atoms with Crippen LogP contribution in [0.2, 0.25) is 0 Å². The zero-order valence-electron chi connectivity index (χ0n) is 11.0. The van der Waals surface area contributed by atoms with E-state index < -0.39 is 17.6 Å². The molecule has 0 radical (unpaired) electrons. The highest BCUT2D eigenvalue weighted by Crippen LogP contribution is 2.30. The van der Waals surface area contributed by atoms with Gasteiger partial charge in [-0.2, -0.15) is 0 Å². The highest BCUT2D eigenvalue weighted by Gasteiger charge is 2.32. The third kappa shape index (κ3) is 2.47. The summed E-state index contributed by atoms with van der Waals surface area (Å²) in [4.78, 5) is 14.8. The average molecular weight is 282 g/mol. The van der Waals surface area contributed by atoms with Crippen LogP contribution in [-0.2, 0) is 0 Å². The average Bonchev–Trinajstić information content (AvgIpc) is 3.23. The van der Waals surface area contributed by atoms with E-state index in [4.69, 9.17) is 5.11 Å². The number of carboxylic acids is 1. The predicted molar refractivity (Wildman–Crippen MR) is 70.1 cm³/mol. The maximum atomic E-state index is 14.0. The van der Waals surface area contributed by atoms with Crippen LogP contribution >= 0.6 is 0 Å². The van der Waals surface area contributed by atoms with E-state index in [9.17, 15) is 13.6 Å². The van der Waals surface area contributed by atoms with Crippen LogP contribution in [0.3, 0.4) is 0 Å². The molecular formula is C14H16F2N2O2. The van der Waals surface area contributed by atoms with Crippen molar-refractivity contribution >= 4 is 11.7 Å². The number of benzene rings is 1. The van der Waals surface area contributed by atoms with Gasteiger partial charge in [0.25, 0.3) is 0 Å². The maximum Gasteiger partial charge on any atom is 0.335 e. The van der Waals surface area contributed by atoms with Gasteiger partial charge in [-0.25, -0.2) is 13.6 Å². The van der Waals surface area contributed by atoms with Gasteiger partial charge >= 0.3 is 5.97 Å². The van der Waals surface area contributed by atoms with Crippen LogP contribution in [0.15, 0.2) is 12.1 Å². The summed E-state index contributed by atoms with van der Waals surface area (Å²) in [7, 11) is 0. The Morgan fingerprint density at radius 3 is 2.10 bits per heavy atom. The van der Waals surface area contributed by atoms with E-state index in [-0.39, 0.29) is 11.3 Å². The molecule has 1 N–H and O–H groups in total. The van der Waals surface area contributed by atoms with Gasteiger partial charge in [0.2, 0.25) is 0 Å². The summed E-state index contributed by atoms with van der Waals surface area (Å²) in [5, 5.41) is 8.78. The number of hydrogen-bond donors (Lipinski definition) is 1. The first kappa shape index (κ1) is 13.3. The molecule has 0 aromatic heterocycles. The lowest BCUT2D eigenvalue weighted by Gasteiger charge is -2.36. The van der Waals surface area contributed by atoms with Crippen LogP contribution < -0.4 is 4.90 Å². The summed E-state index contributed by atoms with van der Waals surface area (Å²) in [6.45, 7) is 2.72. The Kier molecular flexibility index (Phi) is 3.33. The third-order valence-corrected chi connectivity index (χ3v) is 3.96. The van der Waals surface area contributed by atoms with Crippen molar-refractivity contribution in [3.63, 3.8) is 0 Å². The molecule has 0 unspecified atom stereocenters. The Morgan fingerprint density at radius 1 is 1.10 bits per heavy atom. The smallest absolute Gasteiger partial charge is 0.335 e. The Morgan fingerprint density at radius 2 is 1.65 bits per heavy atom. The number of piperazine rings is 1. The first-order chi connectivity index (χ1) is 9.56. The summed E-state index contributed by atoms with van der Waals surface area (Å²) in [5.41, 5.74) is -0.467. The number of anilines is 1. The van der Waals surface area contributed by atoms with Gasteiger partial charge in [-0.05, 0) is 25.0 Å². The first-order valence-corrected chi connectivity index (χ1v) is 6.77. The van der Waals surface area contributed by atoms with E-state index in [1.54, 1.807) is 4.90 Å². The monoisotopic (exact) mass is 282 g/mol. The molecule has 20 heavy (non-hydrogen) atoms. The molecule has 1 aliphatic heterocycles. The molecule has 1 saturated heterocycles. The Bertz CT molecular complexity index is 515. The van der Waals surface area contributed by atoms with Crippen molar-refractivity contribution in [2.24, 2.45) is 0 Å². The van der Waals surface area contributed by atoms with Gasteiger partial charge in [0.05, 0.1) is 5.56 Å². The normalized spacial score (nSPS) is 20.2. The van der Waals surface area contributed by atoms with Crippen LogP contribution in [0.25, 0.3) is 0 Å². The van der Waals surface area contributed by atoms with Crippen LogP contribution in [-0.4, -0.2) is 48.2 Å². The van der Waals surface area contributed by atoms with E-state index in [1.165, 1.54) is 12.8 Å². The van der Waals surface area contributed by atoms with Crippen LogP contribution in [0.1, 0.15) is 23.2 Å². The molecule has 108 valence electrons. The van der Waals surface area contributed by atoms with E-state index in [2.05, 4.69) is 4.90 Å². The number of carboxylic acid groups (broad SMARTS) is 1. The molecule has 2 aliphatic rings. The zero-order chi connectivity index (χ0) is 14.3. The van der Waals surface area contributed by atoms with Gasteiger partial charge in [-0.15, -0.1) is 0 Å². The largest absolute Gasteiger partial charge is 0.478 e. The number of aromatic carboxylic acids is 1. The standard InChI is InChI=1S/C14H16F2N2O2/c15-11-7-9(14(19)20)8-12(16)13(11)18-5-3-17(4-6-18)10-1-2-10/h7-8,10H,1-6H2,(H,19,20). The van der Waals surface area contributed by atoms with Gasteiger partial charge in [-0.3, -0.25) is 4.90 Å². The molecular weight excluding hydrogens is 266 g/mol. The number of halogens is 2. The van der Waals surface area contributed by atoms with E-state index in [1.807, 2.05) is 0 Å². The molecule has 0 amide bonds. The second-order valence-corrected chi connectivity index (χ2v) is 5.35. The second kappa shape index (κ2) is 5.01. The van der Waals surface area contributed by atoms with Crippen LogP contribution in [0.5, 0.6) is 0 Å². The van der Waals surface area contributed by atoms with Crippen LogP contribution in [0.4, 0.5) is 14.5 Å². The second-order valence-electron chi connectivity index (χ2n) is 5.35. The molecule has 4 nitrogen and oxygen atoms in total. The molecule has 3 rings (SSSR count). The van der Waals surface area contributed by atoms with Gasteiger partial charge in [-0.1, -0.05) is 0 Å². The fraction of sp³-hybridized carbons (Fsp3) is 0.500. The maximum absolute atomic E-state index is 14.0. The predicted octanol–water partition coefficient (Wildman–Crippen LogP) is 1.95. The van der Waals surface area contributed by atoms with Gasteiger partial charge in [0.1, 0.15) is 17.3 Å². The molecule has 1 aliphatic carbocycles. The van der Waals surface area contributed by atoms with Crippen molar-refractivity contribution in [2.45, 2.75) is 18.9 Å². The van der Waals surface area contributed by atoms with Crippen LogP contribution in [0, 0.1) is 11.6 Å². The van der Waals surface area contributed by atoms with Crippen molar-refractivity contribution < 1.29 is 18.7 Å². The minimum Gasteiger partial charge on any atom is -0.478 e. The van der Waals surface area contributed by atoms with Crippen molar-refractivity contribution in [3.05, 3.63) is 29.3 Å². The molecule has 2 fully saturated rings. The van der Waals surface area contributed by atoms with E-state index in [0.717, 1.165) is 25.2 Å². The fourth-order valence-electron chi connectivity index (χ4n) is 2.74. The highest BCUT2D eigenvalue weighted by molar-refractivity contribution is 5.88. The number of nitrogens with zero attached hydrogens (tertiary/aromatic N) is 2. The summed E-state index contributed by atoms with van der Waals surface area (Å²) in [6.07, 6.45) is 2.44. The van der Waals surface area contributed by atoms with E-state index >= 15 is 0 Å². The lowest BCUT2D eigenvalue weighted by Crippen LogP contribution is -2.47. The topological polar surface area (TPSA) is 43.8 Å². The molecule has 0 atom stereocenters. The van der Waals surface area contributed by atoms with E-state index in [0.29, 0.717) is 19.1 Å². The SMILES string of the molecule is O=C(O)c1cc(F)c(N2CCN(C3CC3)CC2)c(F)c1. The first-order valence-electron chi connectivity index (χ1n) is 6.77. The lowest BCUT2D eigenvalue weighted by molar-refractivity contribution is 0.0695. The zero-order valence-corrected chi connectivity index (χ0v) is 11.0. The van der Waals surface area contributed by atoms with Crippen molar-refractivity contribution in [3.8, 4) is 0 Å². The Hall–Kier alpha value is -1.69.